The fourth-order valence-corrected chi connectivity index (χ4v) is 5.81. The molecule has 0 saturated heterocycles. The van der Waals surface area contributed by atoms with Crippen LogP contribution >= 0.6 is 0 Å². The number of esters is 3. The minimum atomic E-state index is -0.537. The van der Waals surface area contributed by atoms with E-state index in [0.717, 1.165) is 75.5 Å². The molecule has 0 N–H and O–H groups in total. The first-order valence-electron chi connectivity index (χ1n) is 19.8. The molecule has 276 valence electrons. The zero-order chi connectivity index (χ0) is 35.4. The van der Waals surface area contributed by atoms with Gasteiger partial charge in [0.1, 0.15) is 0 Å². The molecular weight excluding hydrogens is 600 g/mol. The van der Waals surface area contributed by atoms with Gasteiger partial charge in [0.2, 0.25) is 0 Å². The molecule has 1 aromatic rings. The van der Waals surface area contributed by atoms with Gasteiger partial charge in [-0.05, 0) is 55.2 Å². The Morgan fingerprint density at radius 3 is 0.812 bits per heavy atom. The van der Waals surface area contributed by atoms with Gasteiger partial charge < -0.3 is 14.2 Å². The lowest BCUT2D eigenvalue weighted by Gasteiger charge is -2.11. The van der Waals surface area contributed by atoms with E-state index in [1.54, 1.807) is 0 Å². The molecule has 0 amide bonds. The molecule has 0 unspecified atom stereocenters. The average Bonchev–Trinajstić information content (AvgIpc) is 3.05. The molecule has 0 fully saturated rings. The predicted molar refractivity (Wildman–Crippen MR) is 199 cm³/mol. The summed E-state index contributed by atoms with van der Waals surface area (Å²) in [6.07, 6.45) is 23.8. The third-order valence-electron chi connectivity index (χ3n) is 8.87. The standard InChI is InChI=1S/C42H72O6/c1-34(2)25-19-13-7-10-16-22-28-46-40(43)37-31-38(41(44)47-29-23-17-11-8-14-20-26-35(3)4)33-39(32-37)42(45)48-30-24-18-12-9-15-21-27-36(5)6/h31-36H,7-30H2,1-6H3. The second-order valence-electron chi connectivity index (χ2n) is 15.1. The van der Waals surface area contributed by atoms with E-state index in [1.807, 2.05) is 0 Å². The molecule has 0 saturated carbocycles. The van der Waals surface area contributed by atoms with Crippen molar-refractivity contribution in [3.63, 3.8) is 0 Å². The van der Waals surface area contributed by atoms with Crippen LogP contribution in [-0.2, 0) is 14.2 Å². The van der Waals surface area contributed by atoms with Crippen molar-refractivity contribution in [2.45, 2.75) is 176 Å². The summed E-state index contributed by atoms with van der Waals surface area (Å²) in [6, 6.07) is 4.43. The van der Waals surface area contributed by atoms with Gasteiger partial charge in [-0.2, -0.15) is 0 Å². The van der Waals surface area contributed by atoms with Crippen molar-refractivity contribution in [3.8, 4) is 0 Å². The Morgan fingerprint density at radius 2 is 0.583 bits per heavy atom. The maximum absolute atomic E-state index is 13.0. The third-order valence-corrected chi connectivity index (χ3v) is 8.87. The summed E-state index contributed by atoms with van der Waals surface area (Å²) in [5.74, 6) is 0.655. The highest BCUT2D eigenvalue weighted by Crippen LogP contribution is 2.18. The predicted octanol–water partition coefficient (Wildman–Crippen LogP) is 12.3. The van der Waals surface area contributed by atoms with Crippen molar-refractivity contribution in [1.82, 2.24) is 0 Å². The van der Waals surface area contributed by atoms with Gasteiger partial charge >= 0.3 is 17.9 Å². The van der Waals surface area contributed by atoms with Crippen molar-refractivity contribution in [2.24, 2.45) is 17.8 Å². The number of carbonyl (C=O) groups excluding carboxylic acids is 3. The highest BCUT2D eigenvalue weighted by molar-refractivity contribution is 6.00. The minimum absolute atomic E-state index is 0.174. The van der Waals surface area contributed by atoms with Gasteiger partial charge in [-0.25, -0.2) is 14.4 Å². The normalized spacial score (nSPS) is 11.4. The lowest BCUT2D eigenvalue weighted by molar-refractivity contribution is 0.0494. The fraction of sp³-hybridized carbons (Fsp3) is 0.786. The van der Waals surface area contributed by atoms with Crippen LogP contribution in [0.25, 0.3) is 0 Å². The molecule has 0 aliphatic carbocycles. The number of hydrogen-bond acceptors (Lipinski definition) is 6. The summed E-state index contributed by atoms with van der Waals surface area (Å²) in [6.45, 7) is 14.5. The first-order chi connectivity index (χ1) is 23.1. The molecule has 48 heavy (non-hydrogen) atoms. The van der Waals surface area contributed by atoms with Crippen LogP contribution in [-0.4, -0.2) is 37.7 Å². The molecule has 1 aromatic carbocycles. The van der Waals surface area contributed by atoms with E-state index in [1.165, 1.54) is 95.2 Å². The number of hydrogen-bond donors (Lipinski definition) is 0. The van der Waals surface area contributed by atoms with E-state index < -0.39 is 17.9 Å². The molecule has 0 aromatic heterocycles. The Balaban J connectivity index is 2.62. The quantitative estimate of drug-likeness (QED) is 0.0460. The van der Waals surface area contributed by atoms with Gasteiger partial charge in [0.05, 0.1) is 36.5 Å². The molecule has 0 radical (unpaired) electrons. The second kappa shape index (κ2) is 28.5. The summed E-state index contributed by atoms with van der Waals surface area (Å²) >= 11 is 0. The lowest BCUT2D eigenvalue weighted by Crippen LogP contribution is -2.14. The minimum Gasteiger partial charge on any atom is -0.462 e. The molecular formula is C42H72O6. The molecule has 0 atom stereocenters. The highest BCUT2D eigenvalue weighted by Gasteiger charge is 2.19. The average molecular weight is 673 g/mol. The van der Waals surface area contributed by atoms with Crippen molar-refractivity contribution in [3.05, 3.63) is 34.9 Å². The van der Waals surface area contributed by atoms with Gasteiger partial charge in [0.25, 0.3) is 0 Å². The van der Waals surface area contributed by atoms with Crippen LogP contribution in [0.3, 0.4) is 0 Å². The van der Waals surface area contributed by atoms with Crippen molar-refractivity contribution in [1.29, 1.82) is 0 Å². The Hall–Kier alpha value is -2.37. The molecule has 1 rings (SSSR count). The van der Waals surface area contributed by atoms with Gasteiger partial charge in [-0.1, -0.05) is 157 Å². The second-order valence-corrected chi connectivity index (χ2v) is 15.1. The Morgan fingerprint density at radius 1 is 0.375 bits per heavy atom. The number of unbranched alkanes of at least 4 members (excludes halogenated alkanes) is 15. The molecule has 0 aliphatic heterocycles. The number of carbonyl (C=O) groups is 3. The molecule has 6 nitrogen and oxygen atoms in total. The monoisotopic (exact) mass is 673 g/mol. The van der Waals surface area contributed by atoms with Crippen LogP contribution in [0.5, 0.6) is 0 Å². The van der Waals surface area contributed by atoms with E-state index in [2.05, 4.69) is 41.5 Å². The number of rotatable bonds is 30. The number of benzene rings is 1. The van der Waals surface area contributed by atoms with E-state index in [0.29, 0.717) is 19.8 Å². The van der Waals surface area contributed by atoms with Crippen LogP contribution in [0.1, 0.15) is 207 Å². The first kappa shape index (κ1) is 43.7. The zero-order valence-corrected chi connectivity index (χ0v) is 31.9. The molecule has 0 spiro atoms. The smallest absolute Gasteiger partial charge is 0.338 e. The van der Waals surface area contributed by atoms with E-state index in [-0.39, 0.29) is 16.7 Å². The van der Waals surface area contributed by atoms with Crippen molar-refractivity contribution in [2.75, 3.05) is 19.8 Å². The summed E-state index contributed by atoms with van der Waals surface area (Å²) in [4.78, 5) is 39.0. The topological polar surface area (TPSA) is 78.9 Å². The molecule has 0 aliphatic rings. The largest absolute Gasteiger partial charge is 0.462 e. The van der Waals surface area contributed by atoms with Gasteiger partial charge in [-0.15, -0.1) is 0 Å². The maximum atomic E-state index is 13.0. The Bertz CT molecular complexity index is 846. The molecule has 6 heteroatoms. The zero-order valence-electron chi connectivity index (χ0n) is 31.9. The van der Waals surface area contributed by atoms with Crippen LogP contribution < -0.4 is 0 Å². The van der Waals surface area contributed by atoms with E-state index >= 15 is 0 Å². The lowest BCUT2D eigenvalue weighted by atomic mass is 10.0. The summed E-state index contributed by atoms with van der Waals surface area (Å²) in [5, 5.41) is 0. The third kappa shape index (κ3) is 23.9. The SMILES string of the molecule is CC(C)CCCCCCCCOC(=O)c1cc(C(=O)OCCCCCCCCC(C)C)cc(C(=O)OCCCCCCCCC(C)C)c1. The van der Waals surface area contributed by atoms with E-state index in [4.69, 9.17) is 14.2 Å². The molecule has 0 heterocycles. The first-order valence-corrected chi connectivity index (χ1v) is 19.8. The van der Waals surface area contributed by atoms with Gasteiger partial charge in [-0.3, -0.25) is 0 Å². The van der Waals surface area contributed by atoms with Crippen LogP contribution in [0.4, 0.5) is 0 Å². The Labute approximate surface area is 294 Å². The summed E-state index contributed by atoms with van der Waals surface area (Å²) < 4.78 is 16.6. The summed E-state index contributed by atoms with van der Waals surface area (Å²) in [7, 11) is 0. The van der Waals surface area contributed by atoms with Gasteiger partial charge in [0, 0.05) is 0 Å². The number of ether oxygens (including phenoxy) is 3. The fourth-order valence-electron chi connectivity index (χ4n) is 5.81. The van der Waals surface area contributed by atoms with Crippen molar-refractivity contribution < 1.29 is 28.6 Å². The highest BCUT2D eigenvalue weighted by atomic mass is 16.5. The van der Waals surface area contributed by atoms with Crippen molar-refractivity contribution >= 4 is 17.9 Å². The maximum Gasteiger partial charge on any atom is 0.338 e. The van der Waals surface area contributed by atoms with Crippen LogP contribution in [0, 0.1) is 17.8 Å². The van der Waals surface area contributed by atoms with Crippen LogP contribution in [0.15, 0.2) is 18.2 Å². The Kier molecular flexibility index (Phi) is 25.9. The summed E-state index contributed by atoms with van der Waals surface area (Å²) in [5.41, 5.74) is 0.522. The molecule has 0 bridgehead atoms. The van der Waals surface area contributed by atoms with Gasteiger partial charge in [0.15, 0.2) is 0 Å². The van der Waals surface area contributed by atoms with Crippen LogP contribution in [0.2, 0.25) is 0 Å². The van der Waals surface area contributed by atoms with E-state index in [9.17, 15) is 14.4 Å².